The molecule has 0 bridgehead atoms. The van der Waals surface area contributed by atoms with Gasteiger partial charge in [-0.15, -0.1) is 0 Å². The normalized spacial score (nSPS) is 18.6. The molecule has 0 aliphatic carbocycles. The molecule has 22 heavy (non-hydrogen) atoms. The molecule has 1 N–H and O–H groups in total. The van der Waals surface area contributed by atoms with Crippen LogP contribution in [0.4, 0.5) is 0 Å². The third-order valence-corrected chi connectivity index (χ3v) is 4.04. The Labute approximate surface area is 127 Å². The minimum Gasteiger partial charge on any atom is -0.295 e. The molecule has 0 radical (unpaired) electrons. The third kappa shape index (κ3) is 2.20. The highest BCUT2D eigenvalue weighted by Gasteiger charge is 2.30. The van der Waals surface area contributed by atoms with Crippen molar-refractivity contribution in [3.8, 4) is 0 Å². The first-order valence-corrected chi connectivity index (χ1v) is 7.22. The zero-order valence-electron chi connectivity index (χ0n) is 12.8. The zero-order chi connectivity index (χ0) is 16.0. The maximum absolute atomic E-state index is 12.8. The van der Waals surface area contributed by atoms with E-state index in [2.05, 4.69) is 10.3 Å². The molecule has 1 aromatic carbocycles. The van der Waals surface area contributed by atoms with Gasteiger partial charge in [0.2, 0.25) is 11.8 Å². The molecule has 2 aromatic rings. The second-order valence-corrected chi connectivity index (χ2v) is 5.78. The zero-order valence-corrected chi connectivity index (χ0v) is 12.8. The van der Waals surface area contributed by atoms with Crippen LogP contribution in [0.5, 0.6) is 0 Å². The molecule has 1 aromatic heterocycles. The molecule has 0 saturated carbocycles. The summed E-state index contributed by atoms with van der Waals surface area (Å²) in [5.74, 6) is -0.252. The number of rotatable bonds is 1. The molecule has 6 nitrogen and oxygen atoms in total. The summed E-state index contributed by atoms with van der Waals surface area (Å²) < 4.78 is 1.41. The number of aryl methyl sites for hydroxylation is 3. The number of piperidine rings is 1. The van der Waals surface area contributed by atoms with Gasteiger partial charge in [0.15, 0.2) is 0 Å². The van der Waals surface area contributed by atoms with Crippen molar-refractivity contribution in [3.05, 3.63) is 39.4 Å². The number of nitrogens with zero attached hydrogens (tertiary/aromatic N) is 2. The summed E-state index contributed by atoms with van der Waals surface area (Å²) in [6.45, 7) is 5.55. The van der Waals surface area contributed by atoms with Crippen molar-refractivity contribution in [2.45, 2.75) is 39.7 Å². The molecule has 6 heteroatoms. The van der Waals surface area contributed by atoms with E-state index in [1.54, 1.807) is 13.0 Å². The highest BCUT2D eigenvalue weighted by atomic mass is 16.2. The molecule has 114 valence electrons. The van der Waals surface area contributed by atoms with Crippen molar-refractivity contribution in [2.24, 2.45) is 0 Å². The maximum Gasteiger partial charge on any atom is 0.262 e. The standard InChI is InChI=1S/C16H17N3O3/c1-8-6-9(2)14-11(7-8)16(22)19(10(3)17-14)12-4-5-13(20)18-15(12)21/h6-7,12H,4-5H2,1-3H3,(H,18,20,21)/t12-/m1/s1. The Morgan fingerprint density at radius 2 is 1.91 bits per heavy atom. The van der Waals surface area contributed by atoms with Gasteiger partial charge < -0.3 is 0 Å². The van der Waals surface area contributed by atoms with E-state index in [1.165, 1.54) is 4.57 Å². The Kier molecular flexibility index (Phi) is 3.31. The number of carbonyl (C=O) groups excluding carboxylic acids is 2. The number of imide groups is 1. The van der Waals surface area contributed by atoms with Crippen LogP contribution in [-0.2, 0) is 9.59 Å². The molecule has 1 saturated heterocycles. The molecule has 2 heterocycles. The average Bonchev–Trinajstić information content (AvgIpc) is 2.42. The highest BCUT2D eigenvalue weighted by Crippen LogP contribution is 2.21. The summed E-state index contributed by atoms with van der Waals surface area (Å²) in [5.41, 5.74) is 2.34. The lowest BCUT2D eigenvalue weighted by atomic mass is 10.0. The quantitative estimate of drug-likeness (QED) is 0.805. The van der Waals surface area contributed by atoms with Crippen LogP contribution >= 0.6 is 0 Å². The summed E-state index contributed by atoms with van der Waals surface area (Å²) in [6.07, 6.45) is 0.552. The van der Waals surface area contributed by atoms with Crippen molar-refractivity contribution in [1.82, 2.24) is 14.9 Å². The Bertz CT molecular complexity index is 867. The van der Waals surface area contributed by atoms with Gasteiger partial charge in [-0.05, 0) is 44.4 Å². The number of amides is 2. The van der Waals surface area contributed by atoms with Gasteiger partial charge >= 0.3 is 0 Å². The summed E-state index contributed by atoms with van der Waals surface area (Å²) in [5, 5.41) is 2.79. The second kappa shape index (κ2) is 5.05. The predicted octanol–water partition coefficient (Wildman–Crippen LogP) is 1.30. The van der Waals surface area contributed by atoms with E-state index in [-0.39, 0.29) is 17.9 Å². The van der Waals surface area contributed by atoms with Crippen molar-refractivity contribution in [1.29, 1.82) is 0 Å². The average molecular weight is 299 g/mol. The summed E-state index contributed by atoms with van der Waals surface area (Å²) in [4.78, 5) is 40.7. The molecular formula is C16H17N3O3. The van der Waals surface area contributed by atoms with Crippen LogP contribution in [0.25, 0.3) is 10.9 Å². The highest BCUT2D eigenvalue weighted by molar-refractivity contribution is 5.99. The number of carbonyl (C=O) groups is 2. The SMILES string of the molecule is Cc1cc(C)c2nc(C)n([C@@H]3CCC(=O)NC3=O)c(=O)c2c1. The first-order valence-electron chi connectivity index (χ1n) is 7.22. The molecule has 1 aliphatic heterocycles. The fourth-order valence-electron chi connectivity index (χ4n) is 3.06. The Morgan fingerprint density at radius 3 is 2.59 bits per heavy atom. The lowest BCUT2D eigenvalue weighted by Crippen LogP contribution is -2.45. The number of hydrogen-bond acceptors (Lipinski definition) is 4. The number of hydrogen-bond donors (Lipinski definition) is 1. The lowest BCUT2D eigenvalue weighted by Gasteiger charge is -2.24. The van der Waals surface area contributed by atoms with Crippen molar-refractivity contribution in [3.63, 3.8) is 0 Å². The summed E-state index contributed by atoms with van der Waals surface area (Å²) >= 11 is 0. The van der Waals surface area contributed by atoms with Crippen LogP contribution in [-0.4, -0.2) is 21.4 Å². The van der Waals surface area contributed by atoms with Gasteiger partial charge in [0.1, 0.15) is 11.9 Å². The van der Waals surface area contributed by atoms with Gasteiger partial charge in [-0.3, -0.25) is 24.3 Å². The van der Waals surface area contributed by atoms with Crippen molar-refractivity contribution >= 4 is 22.7 Å². The van der Waals surface area contributed by atoms with Gasteiger partial charge in [0.05, 0.1) is 10.9 Å². The van der Waals surface area contributed by atoms with E-state index in [0.29, 0.717) is 23.1 Å². The van der Waals surface area contributed by atoms with Gasteiger partial charge in [-0.1, -0.05) is 6.07 Å². The second-order valence-electron chi connectivity index (χ2n) is 5.78. The molecule has 1 atom stereocenters. The van der Waals surface area contributed by atoms with Crippen molar-refractivity contribution in [2.75, 3.05) is 0 Å². The molecule has 0 spiro atoms. The number of aromatic nitrogens is 2. The van der Waals surface area contributed by atoms with Crippen LogP contribution in [0.2, 0.25) is 0 Å². The first kappa shape index (κ1) is 14.4. The van der Waals surface area contributed by atoms with E-state index in [1.807, 2.05) is 19.9 Å². The van der Waals surface area contributed by atoms with Gasteiger partial charge in [-0.2, -0.15) is 0 Å². The Balaban J connectivity index is 2.25. The van der Waals surface area contributed by atoms with Gasteiger partial charge in [0, 0.05) is 6.42 Å². The fraction of sp³-hybridized carbons (Fsp3) is 0.375. The van der Waals surface area contributed by atoms with Crippen LogP contribution in [0.1, 0.15) is 35.8 Å². The van der Waals surface area contributed by atoms with E-state index in [4.69, 9.17) is 0 Å². The minimum absolute atomic E-state index is 0.229. The molecule has 3 rings (SSSR count). The fourth-order valence-corrected chi connectivity index (χ4v) is 3.06. The smallest absolute Gasteiger partial charge is 0.262 e. The van der Waals surface area contributed by atoms with E-state index in [9.17, 15) is 14.4 Å². The third-order valence-electron chi connectivity index (χ3n) is 4.04. The summed E-state index contributed by atoms with van der Waals surface area (Å²) in [7, 11) is 0. The topological polar surface area (TPSA) is 81.1 Å². The number of fused-ring (bicyclic) bond motifs is 1. The van der Waals surface area contributed by atoms with E-state index in [0.717, 1.165) is 11.1 Å². The Hall–Kier alpha value is -2.50. The lowest BCUT2D eigenvalue weighted by molar-refractivity contribution is -0.135. The van der Waals surface area contributed by atoms with Crippen LogP contribution in [0.3, 0.4) is 0 Å². The van der Waals surface area contributed by atoms with E-state index < -0.39 is 11.9 Å². The maximum atomic E-state index is 12.8. The van der Waals surface area contributed by atoms with Crippen LogP contribution in [0.15, 0.2) is 16.9 Å². The summed E-state index contributed by atoms with van der Waals surface area (Å²) in [6, 6.07) is 3.09. The predicted molar refractivity (Wildman–Crippen MR) is 81.6 cm³/mol. The van der Waals surface area contributed by atoms with Crippen molar-refractivity contribution < 1.29 is 9.59 Å². The number of benzene rings is 1. The minimum atomic E-state index is -0.678. The van der Waals surface area contributed by atoms with Gasteiger partial charge in [0.25, 0.3) is 5.56 Å². The molecule has 2 amide bonds. The molecular weight excluding hydrogens is 282 g/mol. The van der Waals surface area contributed by atoms with Crippen LogP contribution < -0.4 is 10.9 Å². The largest absolute Gasteiger partial charge is 0.295 e. The van der Waals surface area contributed by atoms with Gasteiger partial charge in [-0.25, -0.2) is 4.98 Å². The monoisotopic (exact) mass is 299 g/mol. The number of nitrogens with one attached hydrogen (secondary N) is 1. The first-order chi connectivity index (χ1) is 10.4. The Morgan fingerprint density at radius 1 is 1.18 bits per heavy atom. The molecule has 0 unspecified atom stereocenters. The molecule has 1 fully saturated rings. The van der Waals surface area contributed by atoms with E-state index >= 15 is 0 Å². The van der Waals surface area contributed by atoms with Crippen LogP contribution in [0, 0.1) is 20.8 Å². The molecule has 1 aliphatic rings.